The molecule has 0 aromatic heterocycles. The summed E-state index contributed by atoms with van der Waals surface area (Å²) in [5.41, 5.74) is 7.24. The molecule has 0 radical (unpaired) electrons. The van der Waals surface area contributed by atoms with Gasteiger partial charge in [0.1, 0.15) is 0 Å². The van der Waals surface area contributed by atoms with Crippen LogP contribution in [0.4, 0.5) is 0 Å². The van der Waals surface area contributed by atoms with Crippen molar-refractivity contribution in [3.8, 4) is 0 Å². The average molecular weight is 193 g/mol. The van der Waals surface area contributed by atoms with Crippen LogP contribution in [0, 0.1) is 4.91 Å². The van der Waals surface area contributed by atoms with Gasteiger partial charge in [-0.25, -0.2) is 5.43 Å². The highest BCUT2D eigenvalue weighted by Gasteiger charge is 2.05. The fraction of sp³-hybridized carbons (Fsp3) is 0. The van der Waals surface area contributed by atoms with Gasteiger partial charge in [0, 0.05) is 11.1 Å². The number of amides is 2. The summed E-state index contributed by atoms with van der Waals surface area (Å²) < 4.78 is 0. The monoisotopic (exact) mass is 193 g/mol. The molecule has 72 valence electrons. The Morgan fingerprint density at radius 3 is 2.07 bits per heavy atom. The Kier molecular flexibility index (Phi) is 2.90. The third-order valence-electron chi connectivity index (χ3n) is 1.58. The highest BCUT2D eigenvalue weighted by atomic mass is 16.3. The predicted molar refractivity (Wildman–Crippen MR) is 48.2 cm³/mol. The summed E-state index contributed by atoms with van der Waals surface area (Å²) in [7, 11) is 0. The number of nitrogens with one attached hydrogen (secondary N) is 1. The molecular formula is C8H7N3O3. The van der Waals surface area contributed by atoms with Crippen molar-refractivity contribution in [2.24, 2.45) is 11.0 Å². The van der Waals surface area contributed by atoms with Crippen molar-refractivity contribution in [3.05, 3.63) is 40.3 Å². The van der Waals surface area contributed by atoms with E-state index < -0.39 is 11.8 Å². The largest absolute Gasteiger partial charge is 0.366 e. The van der Waals surface area contributed by atoms with Crippen LogP contribution in [0.2, 0.25) is 0 Å². The van der Waals surface area contributed by atoms with E-state index in [1.165, 1.54) is 24.3 Å². The Balaban J connectivity index is 2.88. The summed E-state index contributed by atoms with van der Waals surface area (Å²) in [6, 6.07) is 5.53. The lowest BCUT2D eigenvalue weighted by Crippen LogP contribution is -2.17. The van der Waals surface area contributed by atoms with Crippen LogP contribution in [0.25, 0.3) is 0 Å². The second kappa shape index (κ2) is 4.13. The third kappa shape index (κ3) is 2.13. The quantitative estimate of drug-likeness (QED) is 0.529. The van der Waals surface area contributed by atoms with Crippen LogP contribution in [-0.2, 0) is 0 Å². The fourth-order valence-electron chi connectivity index (χ4n) is 0.892. The molecule has 6 heteroatoms. The molecule has 1 aromatic carbocycles. The predicted octanol–water partition coefficient (Wildman–Crippen LogP) is 0.197. The summed E-state index contributed by atoms with van der Waals surface area (Å²) >= 11 is 0. The molecule has 0 saturated carbocycles. The van der Waals surface area contributed by atoms with Crippen molar-refractivity contribution >= 4 is 11.8 Å². The van der Waals surface area contributed by atoms with Gasteiger partial charge in [0.2, 0.25) is 5.91 Å². The average Bonchev–Trinajstić information content (AvgIpc) is 2.18. The zero-order valence-electron chi connectivity index (χ0n) is 7.06. The number of carbonyl (C=O) groups excluding carboxylic acids is 2. The second-order valence-corrected chi connectivity index (χ2v) is 2.47. The number of nitrogens with zero attached hydrogens (tertiary/aromatic N) is 1. The molecule has 6 nitrogen and oxygen atoms in total. The minimum atomic E-state index is -0.629. The highest BCUT2D eigenvalue weighted by Crippen LogP contribution is 2.03. The normalized spacial score (nSPS) is 9.14. The van der Waals surface area contributed by atoms with Crippen LogP contribution < -0.4 is 11.2 Å². The highest BCUT2D eigenvalue weighted by molar-refractivity contribution is 5.96. The van der Waals surface area contributed by atoms with Crippen molar-refractivity contribution in [1.29, 1.82) is 0 Å². The molecule has 2 amide bonds. The number of primary amides is 1. The first-order valence-electron chi connectivity index (χ1n) is 3.67. The van der Waals surface area contributed by atoms with Gasteiger partial charge in [-0.15, -0.1) is 4.91 Å². The number of carbonyl (C=O) groups is 2. The first-order valence-corrected chi connectivity index (χ1v) is 3.67. The second-order valence-electron chi connectivity index (χ2n) is 2.47. The maximum Gasteiger partial charge on any atom is 0.273 e. The summed E-state index contributed by atoms with van der Waals surface area (Å²) in [6.45, 7) is 0. The van der Waals surface area contributed by atoms with Crippen LogP contribution in [0.5, 0.6) is 0 Å². The fourth-order valence-corrected chi connectivity index (χ4v) is 0.892. The molecule has 0 heterocycles. The third-order valence-corrected chi connectivity index (χ3v) is 1.58. The van der Waals surface area contributed by atoms with Gasteiger partial charge in [0.25, 0.3) is 5.91 Å². The summed E-state index contributed by atoms with van der Waals surface area (Å²) in [4.78, 5) is 31.4. The molecule has 3 N–H and O–H groups in total. The minimum Gasteiger partial charge on any atom is -0.366 e. The molecule has 14 heavy (non-hydrogen) atoms. The maximum atomic E-state index is 11.0. The topological polar surface area (TPSA) is 102 Å². The molecule has 0 saturated heterocycles. The molecule has 0 aliphatic heterocycles. The molecular weight excluding hydrogens is 186 g/mol. The van der Waals surface area contributed by atoms with Gasteiger partial charge in [-0.2, -0.15) is 0 Å². The first kappa shape index (κ1) is 9.85. The van der Waals surface area contributed by atoms with E-state index >= 15 is 0 Å². The molecule has 0 aliphatic rings. The van der Waals surface area contributed by atoms with Gasteiger partial charge in [-0.3, -0.25) is 9.59 Å². The minimum absolute atomic E-state index is 0.231. The number of nitroso groups, excluding NO2 is 1. The van der Waals surface area contributed by atoms with Gasteiger partial charge in [0.05, 0.1) is 5.29 Å². The number of benzene rings is 1. The number of hydrogen-bond acceptors (Lipinski definition) is 4. The summed E-state index contributed by atoms with van der Waals surface area (Å²) in [5.74, 6) is -1.21. The maximum absolute atomic E-state index is 11.0. The van der Waals surface area contributed by atoms with Crippen LogP contribution >= 0.6 is 0 Å². The molecule has 1 rings (SSSR count). The number of hydrogen-bond donors (Lipinski definition) is 2. The summed E-state index contributed by atoms with van der Waals surface area (Å²) in [5, 5.41) is 2.23. The molecule has 0 bridgehead atoms. The smallest absolute Gasteiger partial charge is 0.273 e. The van der Waals surface area contributed by atoms with Crippen molar-refractivity contribution in [3.63, 3.8) is 0 Å². The van der Waals surface area contributed by atoms with E-state index in [0.717, 1.165) is 0 Å². The van der Waals surface area contributed by atoms with E-state index in [9.17, 15) is 14.5 Å². The Morgan fingerprint density at radius 2 is 1.64 bits per heavy atom. The molecule has 0 fully saturated rings. The van der Waals surface area contributed by atoms with Crippen molar-refractivity contribution in [2.75, 3.05) is 0 Å². The van der Waals surface area contributed by atoms with Crippen LogP contribution in [-0.4, -0.2) is 11.8 Å². The van der Waals surface area contributed by atoms with Crippen molar-refractivity contribution in [2.45, 2.75) is 0 Å². The van der Waals surface area contributed by atoms with Crippen LogP contribution in [0.1, 0.15) is 20.7 Å². The molecule has 1 aromatic rings. The van der Waals surface area contributed by atoms with Crippen LogP contribution in [0.3, 0.4) is 0 Å². The van der Waals surface area contributed by atoms with Gasteiger partial charge in [-0.1, -0.05) is 0 Å². The lowest BCUT2D eigenvalue weighted by Gasteiger charge is -1.98. The molecule has 0 spiro atoms. The van der Waals surface area contributed by atoms with Gasteiger partial charge in [0.15, 0.2) is 0 Å². The Hall–Kier alpha value is -2.24. The number of nitrogens with two attached hydrogens (primary N) is 1. The van der Waals surface area contributed by atoms with E-state index in [4.69, 9.17) is 5.73 Å². The van der Waals surface area contributed by atoms with E-state index in [-0.39, 0.29) is 5.56 Å². The SMILES string of the molecule is NC(=O)c1ccc(C(=O)NN=O)cc1. The molecule has 0 unspecified atom stereocenters. The van der Waals surface area contributed by atoms with Gasteiger partial charge >= 0.3 is 0 Å². The molecule has 0 aliphatic carbocycles. The Labute approximate surface area is 79.0 Å². The zero-order chi connectivity index (χ0) is 10.6. The van der Waals surface area contributed by atoms with Gasteiger partial charge < -0.3 is 5.73 Å². The summed E-state index contributed by atoms with van der Waals surface area (Å²) in [6.07, 6.45) is 0. The first-order chi connectivity index (χ1) is 6.65. The van der Waals surface area contributed by atoms with Gasteiger partial charge in [-0.05, 0) is 24.3 Å². The van der Waals surface area contributed by atoms with E-state index in [0.29, 0.717) is 5.56 Å². The van der Waals surface area contributed by atoms with E-state index in [2.05, 4.69) is 5.29 Å². The van der Waals surface area contributed by atoms with Crippen molar-refractivity contribution < 1.29 is 9.59 Å². The zero-order valence-corrected chi connectivity index (χ0v) is 7.06. The molecule has 0 atom stereocenters. The lowest BCUT2D eigenvalue weighted by atomic mass is 10.1. The lowest BCUT2D eigenvalue weighted by molar-refractivity contribution is 0.0951. The number of rotatable bonds is 3. The van der Waals surface area contributed by atoms with E-state index in [1.54, 1.807) is 5.43 Å². The standard InChI is InChI=1S/C8H7N3O3/c9-7(12)5-1-3-6(4-2-5)8(13)10-11-14/h1-4H,(H2,9,12)(H,10,13,14). The Bertz CT molecular complexity index is 372. The van der Waals surface area contributed by atoms with Crippen molar-refractivity contribution in [1.82, 2.24) is 5.43 Å². The Morgan fingerprint density at radius 1 is 1.14 bits per heavy atom. The van der Waals surface area contributed by atoms with E-state index in [1.807, 2.05) is 0 Å². The van der Waals surface area contributed by atoms with Crippen LogP contribution in [0.15, 0.2) is 29.6 Å².